The van der Waals surface area contributed by atoms with E-state index in [1.165, 1.54) is 24.1 Å². The monoisotopic (exact) mass is 232 g/mol. The lowest BCUT2D eigenvalue weighted by molar-refractivity contribution is 0.376. The zero-order valence-corrected chi connectivity index (χ0v) is 11.2. The van der Waals surface area contributed by atoms with E-state index in [0.717, 1.165) is 13.0 Å². The number of aryl methyl sites for hydroxylation is 1. The number of anilines is 1. The number of nitrogens with zero attached hydrogens (tertiary/aromatic N) is 1. The molecule has 1 saturated heterocycles. The summed E-state index contributed by atoms with van der Waals surface area (Å²) in [6.45, 7) is 5.57. The Bertz CT molecular complexity index is 336. The van der Waals surface area contributed by atoms with E-state index in [1.54, 1.807) is 0 Å². The smallest absolute Gasteiger partial charge is 0.0411 e. The second-order valence-corrected chi connectivity index (χ2v) is 5.17. The van der Waals surface area contributed by atoms with E-state index in [2.05, 4.69) is 55.4 Å². The van der Waals surface area contributed by atoms with Crippen LogP contribution in [0.2, 0.25) is 0 Å². The van der Waals surface area contributed by atoms with E-state index in [0.29, 0.717) is 12.1 Å². The fourth-order valence-electron chi connectivity index (χ4n) is 2.49. The predicted molar refractivity (Wildman–Crippen MR) is 74.7 cm³/mol. The van der Waals surface area contributed by atoms with Gasteiger partial charge >= 0.3 is 0 Å². The molecule has 0 spiro atoms. The van der Waals surface area contributed by atoms with E-state index >= 15 is 0 Å². The Labute approximate surface area is 105 Å². The third kappa shape index (κ3) is 3.01. The van der Waals surface area contributed by atoms with Gasteiger partial charge in [0, 0.05) is 31.4 Å². The molecule has 1 heterocycles. The Morgan fingerprint density at radius 3 is 2.47 bits per heavy atom. The molecule has 0 radical (unpaired) electrons. The molecule has 1 aromatic rings. The SMILES string of the molecule is CCc1ccc(N(C)C2CCC(C)NC2)cc1. The van der Waals surface area contributed by atoms with E-state index in [4.69, 9.17) is 0 Å². The maximum atomic E-state index is 3.56. The van der Waals surface area contributed by atoms with Gasteiger partial charge in [0.2, 0.25) is 0 Å². The molecule has 2 heteroatoms. The number of hydrogen-bond donors (Lipinski definition) is 1. The molecule has 0 aromatic heterocycles. The van der Waals surface area contributed by atoms with Gasteiger partial charge in [0.05, 0.1) is 0 Å². The van der Waals surface area contributed by atoms with Gasteiger partial charge in [-0.05, 0) is 43.9 Å². The minimum absolute atomic E-state index is 0.638. The summed E-state index contributed by atoms with van der Waals surface area (Å²) < 4.78 is 0. The first-order chi connectivity index (χ1) is 8.20. The van der Waals surface area contributed by atoms with Gasteiger partial charge in [-0.25, -0.2) is 0 Å². The van der Waals surface area contributed by atoms with Crippen LogP contribution in [-0.4, -0.2) is 25.7 Å². The molecule has 2 unspecified atom stereocenters. The van der Waals surface area contributed by atoms with Crippen molar-refractivity contribution in [2.45, 2.75) is 45.2 Å². The van der Waals surface area contributed by atoms with Crippen LogP contribution >= 0.6 is 0 Å². The summed E-state index contributed by atoms with van der Waals surface area (Å²) in [5, 5.41) is 3.56. The van der Waals surface area contributed by atoms with E-state index in [1.807, 2.05) is 0 Å². The van der Waals surface area contributed by atoms with Crippen LogP contribution in [0, 0.1) is 0 Å². The lowest BCUT2D eigenvalue weighted by atomic mass is 10.0. The molecule has 2 rings (SSSR count). The molecular formula is C15H24N2. The summed E-state index contributed by atoms with van der Waals surface area (Å²) >= 11 is 0. The number of nitrogens with one attached hydrogen (secondary N) is 1. The van der Waals surface area contributed by atoms with Gasteiger partial charge in [-0.2, -0.15) is 0 Å². The Morgan fingerprint density at radius 2 is 1.94 bits per heavy atom. The topological polar surface area (TPSA) is 15.3 Å². The van der Waals surface area contributed by atoms with Gasteiger partial charge in [0.1, 0.15) is 0 Å². The van der Waals surface area contributed by atoms with Crippen LogP contribution in [0.15, 0.2) is 24.3 Å². The fourth-order valence-corrected chi connectivity index (χ4v) is 2.49. The highest BCUT2D eigenvalue weighted by Crippen LogP contribution is 2.20. The quantitative estimate of drug-likeness (QED) is 0.862. The minimum atomic E-state index is 0.638. The first-order valence-corrected chi connectivity index (χ1v) is 6.76. The van der Waals surface area contributed by atoms with Crippen molar-refractivity contribution in [3.63, 3.8) is 0 Å². The Morgan fingerprint density at radius 1 is 1.24 bits per heavy atom. The zero-order chi connectivity index (χ0) is 12.3. The second-order valence-electron chi connectivity index (χ2n) is 5.17. The maximum absolute atomic E-state index is 3.56. The Balaban J connectivity index is 2.00. The Hall–Kier alpha value is -1.02. The summed E-state index contributed by atoms with van der Waals surface area (Å²) in [7, 11) is 2.21. The van der Waals surface area contributed by atoms with Crippen molar-refractivity contribution in [3.05, 3.63) is 29.8 Å². The van der Waals surface area contributed by atoms with Gasteiger partial charge in [0.15, 0.2) is 0 Å². The first kappa shape index (κ1) is 12.4. The summed E-state index contributed by atoms with van der Waals surface area (Å²) in [5.41, 5.74) is 2.75. The molecule has 1 aliphatic rings. The van der Waals surface area contributed by atoms with Crippen LogP contribution in [0.5, 0.6) is 0 Å². The second kappa shape index (κ2) is 5.54. The van der Waals surface area contributed by atoms with Crippen molar-refractivity contribution < 1.29 is 0 Å². The van der Waals surface area contributed by atoms with Crippen LogP contribution in [0.1, 0.15) is 32.3 Å². The molecule has 1 aliphatic heterocycles. The van der Waals surface area contributed by atoms with E-state index in [-0.39, 0.29) is 0 Å². The molecule has 1 fully saturated rings. The van der Waals surface area contributed by atoms with E-state index in [9.17, 15) is 0 Å². The normalized spacial score (nSPS) is 24.6. The molecule has 0 saturated carbocycles. The summed E-state index contributed by atoms with van der Waals surface area (Å²) in [4.78, 5) is 2.42. The van der Waals surface area contributed by atoms with Crippen molar-refractivity contribution >= 4 is 5.69 Å². The van der Waals surface area contributed by atoms with Crippen LogP contribution in [0.4, 0.5) is 5.69 Å². The van der Waals surface area contributed by atoms with Gasteiger partial charge in [-0.3, -0.25) is 0 Å². The molecule has 1 aromatic carbocycles. The number of likely N-dealkylation sites (N-methyl/N-ethyl adjacent to an activating group) is 1. The summed E-state index contributed by atoms with van der Waals surface area (Å²) in [6.07, 6.45) is 3.69. The van der Waals surface area contributed by atoms with Crippen LogP contribution in [0.3, 0.4) is 0 Å². The number of benzene rings is 1. The zero-order valence-electron chi connectivity index (χ0n) is 11.2. The lowest BCUT2D eigenvalue weighted by Crippen LogP contribution is -2.47. The van der Waals surface area contributed by atoms with E-state index < -0.39 is 0 Å². The van der Waals surface area contributed by atoms with Crippen molar-refractivity contribution in [1.29, 1.82) is 0 Å². The highest BCUT2D eigenvalue weighted by molar-refractivity contribution is 5.48. The van der Waals surface area contributed by atoms with Gasteiger partial charge in [0.25, 0.3) is 0 Å². The molecule has 0 bridgehead atoms. The lowest BCUT2D eigenvalue weighted by Gasteiger charge is -2.35. The number of hydrogen-bond acceptors (Lipinski definition) is 2. The molecule has 0 aliphatic carbocycles. The van der Waals surface area contributed by atoms with Gasteiger partial charge in [-0.15, -0.1) is 0 Å². The van der Waals surface area contributed by atoms with Gasteiger partial charge in [-0.1, -0.05) is 19.1 Å². The molecule has 0 amide bonds. The largest absolute Gasteiger partial charge is 0.370 e. The third-order valence-electron chi connectivity index (χ3n) is 3.93. The van der Waals surface area contributed by atoms with Crippen LogP contribution < -0.4 is 10.2 Å². The number of piperidine rings is 1. The third-order valence-corrected chi connectivity index (χ3v) is 3.93. The molecular weight excluding hydrogens is 208 g/mol. The van der Waals surface area contributed by atoms with Gasteiger partial charge < -0.3 is 10.2 Å². The fraction of sp³-hybridized carbons (Fsp3) is 0.600. The molecule has 2 nitrogen and oxygen atoms in total. The molecule has 2 atom stereocenters. The average Bonchev–Trinajstić information content (AvgIpc) is 2.39. The highest BCUT2D eigenvalue weighted by atomic mass is 15.2. The predicted octanol–water partition coefficient (Wildman–Crippen LogP) is 2.83. The number of rotatable bonds is 3. The van der Waals surface area contributed by atoms with Crippen molar-refractivity contribution in [2.24, 2.45) is 0 Å². The minimum Gasteiger partial charge on any atom is -0.370 e. The highest BCUT2D eigenvalue weighted by Gasteiger charge is 2.21. The first-order valence-electron chi connectivity index (χ1n) is 6.76. The van der Waals surface area contributed by atoms with Crippen LogP contribution in [0.25, 0.3) is 0 Å². The van der Waals surface area contributed by atoms with Crippen molar-refractivity contribution in [2.75, 3.05) is 18.5 Å². The average molecular weight is 232 g/mol. The summed E-state index contributed by atoms with van der Waals surface area (Å²) in [6, 6.07) is 10.3. The molecule has 1 N–H and O–H groups in total. The van der Waals surface area contributed by atoms with Crippen molar-refractivity contribution in [1.82, 2.24) is 5.32 Å². The molecule has 17 heavy (non-hydrogen) atoms. The Kier molecular flexibility index (Phi) is 4.06. The molecule has 94 valence electrons. The maximum Gasteiger partial charge on any atom is 0.0411 e. The van der Waals surface area contributed by atoms with Crippen molar-refractivity contribution in [3.8, 4) is 0 Å². The summed E-state index contributed by atoms with van der Waals surface area (Å²) in [5.74, 6) is 0. The van der Waals surface area contributed by atoms with Crippen LogP contribution in [-0.2, 0) is 6.42 Å². The standard InChI is InChI=1S/C15H24N2/c1-4-13-6-9-14(10-7-13)17(3)15-8-5-12(2)16-11-15/h6-7,9-10,12,15-16H,4-5,8,11H2,1-3H3.